The molecule has 0 unspecified atom stereocenters. The van der Waals surface area contributed by atoms with Crippen LogP contribution in [0.3, 0.4) is 0 Å². The van der Waals surface area contributed by atoms with Gasteiger partial charge in [0, 0.05) is 11.8 Å². The third-order valence-electron chi connectivity index (χ3n) is 5.39. The van der Waals surface area contributed by atoms with Crippen molar-refractivity contribution in [2.45, 2.75) is 11.4 Å². The molecule has 168 valence electrons. The van der Waals surface area contributed by atoms with E-state index < -0.39 is 10.0 Å². The number of pyridine rings is 1. The van der Waals surface area contributed by atoms with Crippen molar-refractivity contribution in [2.24, 2.45) is 5.14 Å². The van der Waals surface area contributed by atoms with Crippen LogP contribution in [0.25, 0.3) is 33.4 Å². The number of rotatable bonds is 6. The van der Waals surface area contributed by atoms with Crippen molar-refractivity contribution in [2.75, 3.05) is 5.32 Å². The smallest absolute Gasteiger partial charge is 0.238 e. The van der Waals surface area contributed by atoms with E-state index in [4.69, 9.17) is 15.1 Å². The van der Waals surface area contributed by atoms with E-state index in [1.807, 2.05) is 66.7 Å². The van der Waals surface area contributed by atoms with Crippen LogP contribution >= 0.6 is 0 Å². The first-order valence-electron chi connectivity index (χ1n) is 10.6. The zero-order valence-electron chi connectivity index (χ0n) is 18.1. The minimum absolute atomic E-state index is 0.00901. The second kappa shape index (κ2) is 9.01. The predicted octanol–water partition coefficient (Wildman–Crippen LogP) is 4.62. The van der Waals surface area contributed by atoms with Gasteiger partial charge in [0.25, 0.3) is 0 Å². The van der Waals surface area contributed by atoms with Crippen molar-refractivity contribution in [1.29, 1.82) is 0 Å². The van der Waals surface area contributed by atoms with Crippen LogP contribution in [-0.2, 0) is 16.6 Å². The topological polar surface area (TPSA) is 111 Å². The standard InChI is InChI=1S/C26H21N5O2S/c27-34(32,33)21-12-6-10-19(16-21)25-30-23-14-7-13-22(18-8-2-1-3-9-18)24(23)26(31-25)29-17-20-11-4-5-15-28-20/h1-16H,17H2,(H2,27,32,33)(H,29,30,31). The monoisotopic (exact) mass is 467 g/mol. The van der Waals surface area contributed by atoms with Gasteiger partial charge in [0.05, 0.1) is 28.0 Å². The molecule has 5 aromatic rings. The Hall–Kier alpha value is -4.14. The maximum Gasteiger partial charge on any atom is 0.238 e. The molecule has 0 aliphatic rings. The molecule has 3 aromatic carbocycles. The Morgan fingerprint density at radius 1 is 0.794 bits per heavy atom. The van der Waals surface area contributed by atoms with Gasteiger partial charge in [-0.15, -0.1) is 0 Å². The van der Waals surface area contributed by atoms with E-state index in [1.54, 1.807) is 18.3 Å². The Morgan fingerprint density at radius 3 is 2.32 bits per heavy atom. The van der Waals surface area contributed by atoms with Gasteiger partial charge in [-0.3, -0.25) is 4.98 Å². The zero-order valence-corrected chi connectivity index (χ0v) is 18.9. The number of aromatic nitrogens is 3. The van der Waals surface area contributed by atoms with Gasteiger partial charge in [-0.2, -0.15) is 0 Å². The molecule has 2 heterocycles. The van der Waals surface area contributed by atoms with Gasteiger partial charge in [0.15, 0.2) is 5.82 Å². The highest BCUT2D eigenvalue weighted by atomic mass is 32.2. The quantitative estimate of drug-likeness (QED) is 0.377. The van der Waals surface area contributed by atoms with Gasteiger partial charge in [-0.25, -0.2) is 23.5 Å². The van der Waals surface area contributed by atoms with Gasteiger partial charge >= 0.3 is 0 Å². The molecule has 0 saturated heterocycles. The fourth-order valence-corrected chi connectivity index (χ4v) is 4.35. The molecule has 0 atom stereocenters. The second-order valence-electron chi connectivity index (χ2n) is 7.71. The summed E-state index contributed by atoms with van der Waals surface area (Å²) in [6.07, 6.45) is 1.74. The predicted molar refractivity (Wildman–Crippen MR) is 133 cm³/mol. The lowest BCUT2D eigenvalue weighted by atomic mass is 10.0. The lowest BCUT2D eigenvalue weighted by Gasteiger charge is -2.14. The first-order valence-corrected chi connectivity index (χ1v) is 12.2. The molecule has 7 nitrogen and oxygen atoms in total. The van der Waals surface area contributed by atoms with Crippen LogP contribution in [-0.4, -0.2) is 23.4 Å². The summed E-state index contributed by atoms with van der Waals surface area (Å²) in [5, 5.41) is 9.62. The fraction of sp³-hybridized carbons (Fsp3) is 0.0385. The maximum atomic E-state index is 11.9. The second-order valence-corrected chi connectivity index (χ2v) is 9.27. The fourth-order valence-electron chi connectivity index (χ4n) is 3.79. The van der Waals surface area contributed by atoms with Crippen molar-refractivity contribution in [3.05, 3.63) is 103 Å². The van der Waals surface area contributed by atoms with Gasteiger partial charge in [0.2, 0.25) is 10.0 Å². The van der Waals surface area contributed by atoms with Crippen LogP contribution < -0.4 is 10.5 Å². The van der Waals surface area contributed by atoms with Crippen LogP contribution in [0.2, 0.25) is 0 Å². The molecule has 2 aromatic heterocycles. The zero-order chi connectivity index (χ0) is 23.5. The van der Waals surface area contributed by atoms with E-state index in [1.165, 1.54) is 12.1 Å². The first-order chi connectivity index (χ1) is 16.5. The number of hydrogen-bond donors (Lipinski definition) is 2. The number of benzene rings is 3. The number of primary sulfonamides is 1. The molecule has 8 heteroatoms. The van der Waals surface area contributed by atoms with Crippen LogP contribution in [0.4, 0.5) is 5.82 Å². The molecule has 0 saturated carbocycles. The van der Waals surface area contributed by atoms with E-state index in [2.05, 4.69) is 10.3 Å². The summed E-state index contributed by atoms with van der Waals surface area (Å²) in [7, 11) is -3.85. The van der Waals surface area contributed by atoms with Crippen molar-refractivity contribution in [3.63, 3.8) is 0 Å². The highest BCUT2D eigenvalue weighted by Gasteiger charge is 2.16. The van der Waals surface area contributed by atoms with Crippen molar-refractivity contribution in [1.82, 2.24) is 15.0 Å². The molecule has 0 amide bonds. The average molecular weight is 468 g/mol. The minimum Gasteiger partial charge on any atom is -0.364 e. The SMILES string of the molecule is NS(=O)(=O)c1cccc(-c2nc(NCc3ccccn3)c3c(-c4ccccc4)cccc3n2)c1. The molecule has 5 rings (SSSR count). The van der Waals surface area contributed by atoms with Gasteiger partial charge < -0.3 is 5.32 Å². The summed E-state index contributed by atoms with van der Waals surface area (Å²) in [4.78, 5) is 14.0. The van der Waals surface area contributed by atoms with E-state index in [0.717, 1.165) is 27.7 Å². The van der Waals surface area contributed by atoms with E-state index in [-0.39, 0.29) is 4.90 Å². The molecular weight excluding hydrogens is 446 g/mol. The Morgan fingerprint density at radius 2 is 1.56 bits per heavy atom. The van der Waals surface area contributed by atoms with Crippen LogP contribution in [0.1, 0.15) is 5.69 Å². The Balaban J connectivity index is 1.69. The third kappa shape index (κ3) is 4.50. The number of sulfonamides is 1. The van der Waals surface area contributed by atoms with Crippen molar-refractivity contribution >= 4 is 26.7 Å². The molecule has 34 heavy (non-hydrogen) atoms. The van der Waals surface area contributed by atoms with Gasteiger partial charge in [-0.1, -0.05) is 60.7 Å². The molecule has 0 aliphatic heterocycles. The molecule has 0 spiro atoms. The summed E-state index contributed by atoms with van der Waals surface area (Å²) >= 11 is 0. The van der Waals surface area contributed by atoms with Crippen molar-refractivity contribution in [3.8, 4) is 22.5 Å². The highest BCUT2D eigenvalue weighted by molar-refractivity contribution is 7.89. The number of hydrogen-bond acceptors (Lipinski definition) is 6. The van der Waals surface area contributed by atoms with E-state index in [0.29, 0.717) is 23.8 Å². The normalized spacial score (nSPS) is 11.4. The number of nitrogens with one attached hydrogen (secondary N) is 1. The molecular formula is C26H21N5O2S. The Bertz CT molecular complexity index is 1570. The number of fused-ring (bicyclic) bond motifs is 1. The van der Waals surface area contributed by atoms with Crippen LogP contribution in [0.15, 0.2) is 102 Å². The summed E-state index contributed by atoms with van der Waals surface area (Å²) in [6.45, 7) is 0.465. The van der Waals surface area contributed by atoms with Crippen molar-refractivity contribution < 1.29 is 8.42 Å². The average Bonchev–Trinajstić information content (AvgIpc) is 2.87. The Kier molecular flexibility index (Phi) is 5.75. The maximum absolute atomic E-state index is 11.9. The largest absolute Gasteiger partial charge is 0.364 e. The number of nitrogens with two attached hydrogens (primary N) is 1. The molecule has 0 bridgehead atoms. The molecule has 0 fully saturated rings. The lowest BCUT2D eigenvalue weighted by Crippen LogP contribution is -2.12. The molecule has 0 aliphatic carbocycles. The summed E-state index contributed by atoms with van der Waals surface area (Å²) < 4.78 is 23.7. The van der Waals surface area contributed by atoms with Gasteiger partial charge in [0.1, 0.15) is 5.82 Å². The lowest BCUT2D eigenvalue weighted by molar-refractivity contribution is 0.598. The van der Waals surface area contributed by atoms with Gasteiger partial charge in [-0.05, 0) is 41.5 Å². The third-order valence-corrected chi connectivity index (χ3v) is 6.30. The Labute approximate surface area is 197 Å². The minimum atomic E-state index is -3.85. The van der Waals surface area contributed by atoms with E-state index in [9.17, 15) is 8.42 Å². The number of anilines is 1. The first kappa shape index (κ1) is 21.7. The molecule has 0 radical (unpaired) electrons. The van der Waals surface area contributed by atoms with Crippen LogP contribution in [0.5, 0.6) is 0 Å². The van der Waals surface area contributed by atoms with E-state index >= 15 is 0 Å². The number of nitrogens with zero attached hydrogens (tertiary/aromatic N) is 3. The van der Waals surface area contributed by atoms with Crippen LogP contribution in [0, 0.1) is 0 Å². The summed E-state index contributed by atoms with van der Waals surface area (Å²) in [5.74, 6) is 1.03. The summed E-state index contributed by atoms with van der Waals surface area (Å²) in [6, 6.07) is 28.0. The molecule has 3 N–H and O–H groups in total. The summed E-state index contributed by atoms with van der Waals surface area (Å²) in [5.41, 5.74) is 4.19. The highest BCUT2D eigenvalue weighted by Crippen LogP contribution is 2.34.